The number of hydrogen-bond acceptors (Lipinski definition) is 8. The molecule has 4 atom stereocenters. The molecule has 3 aliphatic rings. The van der Waals surface area contributed by atoms with Gasteiger partial charge in [-0.3, -0.25) is 14.5 Å². The minimum absolute atomic E-state index is 0.0163. The molecule has 220 valence electrons. The summed E-state index contributed by atoms with van der Waals surface area (Å²) in [7, 11) is 1.69. The SMILES string of the molecule is CCN1CCC(CN2CCN(CC)CC2CC(C)CC(=O)NC2CN(S)CC2OC)(NC(=O)C(C)C)CC1. The smallest absolute Gasteiger partial charge is 0.223 e. The number of ether oxygens (including phenoxy) is 1. The van der Waals surface area contributed by atoms with Gasteiger partial charge in [-0.15, -0.1) is 0 Å². The minimum Gasteiger partial charge on any atom is -0.378 e. The molecule has 4 unspecified atom stereocenters. The van der Waals surface area contributed by atoms with Crippen molar-refractivity contribution in [3.8, 4) is 0 Å². The van der Waals surface area contributed by atoms with Gasteiger partial charge in [-0.25, -0.2) is 4.31 Å². The van der Waals surface area contributed by atoms with E-state index in [2.05, 4.69) is 58.9 Å². The van der Waals surface area contributed by atoms with Crippen LogP contribution in [0.2, 0.25) is 0 Å². The molecule has 3 heterocycles. The molecule has 2 N–H and O–H groups in total. The van der Waals surface area contributed by atoms with Crippen LogP contribution in [0.3, 0.4) is 0 Å². The number of likely N-dealkylation sites (N-methyl/N-ethyl adjacent to an activating group) is 1. The Morgan fingerprint density at radius 1 is 1.00 bits per heavy atom. The van der Waals surface area contributed by atoms with Crippen molar-refractivity contribution in [1.29, 1.82) is 0 Å². The lowest BCUT2D eigenvalue weighted by Gasteiger charge is -2.49. The lowest BCUT2D eigenvalue weighted by atomic mass is 9.84. The van der Waals surface area contributed by atoms with Gasteiger partial charge in [-0.2, -0.15) is 0 Å². The number of carbonyl (C=O) groups is 2. The Morgan fingerprint density at radius 3 is 2.29 bits per heavy atom. The molecule has 0 bridgehead atoms. The third kappa shape index (κ3) is 8.80. The van der Waals surface area contributed by atoms with Gasteiger partial charge in [-0.1, -0.05) is 47.4 Å². The highest BCUT2D eigenvalue weighted by atomic mass is 32.1. The number of piperidine rings is 1. The van der Waals surface area contributed by atoms with Gasteiger partial charge >= 0.3 is 0 Å². The van der Waals surface area contributed by atoms with Crippen LogP contribution in [0.5, 0.6) is 0 Å². The largest absolute Gasteiger partial charge is 0.378 e. The van der Waals surface area contributed by atoms with Crippen molar-refractivity contribution in [1.82, 2.24) is 29.6 Å². The van der Waals surface area contributed by atoms with Gasteiger partial charge in [0.2, 0.25) is 11.8 Å². The van der Waals surface area contributed by atoms with Crippen LogP contribution in [-0.4, -0.2) is 127 Å². The predicted molar refractivity (Wildman–Crippen MR) is 156 cm³/mol. The molecule has 0 radical (unpaired) electrons. The number of thiol groups is 1. The molecule has 3 saturated heterocycles. The standard InChI is InChI=1S/C28H54N6O3S/c1-7-31-11-9-28(10-12-31,30-27(36)21(3)4)20-33-14-13-32(8-2)17-23(33)15-22(5)16-26(35)29-24-18-34(38)19-25(24)37-6/h21-25,38H,7-20H2,1-6H3,(H,29,35)(H,30,36). The van der Waals surface area contributed by atoms with E-state index in [1.807, 2.05) is 18.2 Å². The van der Waals surface area contributed by atoms with Gasteiger partial charge in [0.1, 0.15) is 0 Å². The van der Waals surface area contributed by atoms with Crippen molar-refractivity contribution in [3.63, 3.8) is 0 Å². The van der Waals surface area contributed by atoms with Gasteiger partial charge in [0.05, 0.1) is 17.7 Å². The molecular weight excluding hydrogens is 500 g/mol. The number of hydrogen-bond donors (Lipinski definition) is 3. The Balaban J connectivity index is 1.64. The van der Waals surface area contributed by atoms with Gasteiger partial charge in [0, 0.05) is 77.8 Å². The molecule has 3 aliphatic heterocycles. The van der Waals surface area contributed by atoms with Crippen LogP contribution in [0.4, 0.5) is 0 Å². The first-order valence-electron chi connectivity index (χ1n) is 14.8. The molecule has 0 spiro atoms. The summed E-state index contributed by atoms with van der Waals surface area (Å²) in [5.41, 5.74) is -0.184. The summed E-state index contributed by atoms with van der Waals surface area (Å²) in [6, 6.07) is 0.354. The van der Waals surface area contributed by atoms with E-state index in [1.54, 1.807) is 7.11 Å². The summed E-state index contributed by atoms with van der Waals surface area (Å²) in [5, 5.41) is 6.69. The number of nitrogens with one attached hydrogen (secondary N) is 2. The Hall–Kier alpha value is -0.910. The van der Waals surface area contributed by atoms with E-state index in [9.17, 15) is 9.59 Å². The average Bonchev–Trinajstić information content (AvgIpc) is 3.23. The zero-order valence-electron chi connectivity index (χ0n) is 24.7. The zero-order chi connectivity index (χ0) is 27.9. The summed E-state index contributed by atoms with van der Waals surface area (Å²) >= 11 is 4.44. The fourth-order valence-electron chi connectivity index (χ4n) is 6.35. The quantitative estimate of drug-likeness (QED) is 0.317. The van der Waals surface area contributed by atoms with Gasteiger partial charge in [-0.05, 0) is 38.3 Å². The van der Waals surface area contributed by atoms with E-state index in [4.69, 9.17) is 4.74 Å². The van der Waals surface area contributed by atoms with Gasteiger partial charge in [0.15, 0.2) is 0 Å². The fourth-order valence-corrected chi connectivity index (χ4v) is 6.69. The van der Waals surface area contributed by atoms with Crippen molar-refractivity contribution in [2.75, 3.05) is 72.6 Å². The summed E-state index contributed by atoms with van der Waals surface area (Å²) in [4.78, 5) is 33.5. The first-order chi connectivity index (χ1) is 18.1. The maximum absolute atomic E-state index is 12.9. The lowest BCUT2D eigenvalue weighted by Crippen LogP contribution is -2.65. The minimum atomic E-state index is -0.184. The Kier molecular flexibility index (Phi) is 12.2. The van der Waals surface area contributed by atoms with Crippen molar-refractivity contribution in [2.45, 2.75) is 84.0 Å². The topological polar surface area (TPSA) is 80.4 Å². The Morgan fingerprint density at radius 2 is 1.68 bits per heavy atom. The first kappa shape index (κ1) is 31.6. The zero-order valence-corrected chi connectivity index (χ0v) is 25.6. The van der Waals surface area contributed by atoms with E-state index in [0.29, 0.717) is 19.0 Å². The normalized spacial score (nSPS) is 28.5. The third-order valence-electron chi connectivity index (χ3n) is 8.92. The van der Waals surface area contributed by atoms with E-state index in [1.165, 1.54) is 0 Å². The summed E-state index contributed by atoms with van der Waals surface area (Å²) in [6.45, 7) is 20.1. The van der Waals surface area contributed by atoms with Crippen LogP contribution in [-0.2, 0) is 14.3 Å². The number of methoxy groups -OCH3 is 1. The molecule has 3 rings (SSSR count). The molecule has 10 heteroatoms. The predicted octanol–water partition coefficient (Wildman–Crippen LogP) is 1.70. The maximum Gasteiger partial charge on any atom is 0.223 e. The molecule has 0 aromatic heterocycles. The van der Waals surface area contributed by atoms with Crippen molar-refractivity contribution < 1.29 is 14.3 Å². The van der Waals surface area contributed by atoms with E-state index >= 15 is 0 Å². The van der Waals surface area contributed by atoms with Crippen LogP contribution >= 0.6 is 12.8 Å². The number of likely N-dealkylation sites (tertiary alicyclic amines) is 1. The number of carbonyl (C=O) groups excluding carboxylic acids is 2. The number of rotatable bonds is 12. The van der Waals surface area contributed by atoms with E-state index in [-0.39, 0.29) is 41.3 Å². The third-order valence-corrected chi connectivity index (χ3v) is 9.25. The molecule has 0 saturated carbocycles. The van der Waals surface area contributed by atoms with Crippen molar-refractivity contribution in [3.05, 3.63) is 0 Å². The monoisotopic (exact) mass is 554 g/mol. The van der Waals surface area contributed by atoms with Crippen LogP contribution in [0.15, 0.2) is 0 Å². The average molecular weight is 555 g/mol. The van der Waals surface area contributed by atoms with Crippen LogP contribution < -0.4 is 10.6 Å². The Bertz CT molecular complexity index is 763. The molecule has 0 aromatic rings. The summed E-state index contributed by atoms with van der Waals surface area (Å²) < 4.78 is 7.45. The second-order valence-corrected chi connectivity index (χ2v) is 12.8. The molecule has 2 amide bonds. The van der Waals surface area contributed by atoms with Crippen molar-refractivity contribution in [2.24, 2.45) is 11.8 Å². The van der Waals surface area contributed by atoms with Crippen LogP contribution in [0.1, 0.15) is 60.3 Å². The first-order valence-corrected chi connectivity index (χ1v) is 15.2. The molecule has 3 fully saturated rings. The highest BCUT2D eigenvalue weighted by Gasteiger charge is 2.40. The summed E-state index contributed by atoms with van der Waals surface area (Å²) in [6.07, 6.45) is 3.44. The van der Waals surface area contributed by atoms with Gasteiger partial charge in [0.25, 0.3) is 0 Å². The number of nitrogens with zero attached hydrogens (tertiary/aromatic N) is 4. The van der Waals surface area contributed by atoms with Gasteiger partial charge < -0.3 is 25.2 Å². The van der Waals surface area contributed by atoms with E-state index in [0.717, 1.165) is 78.2 Å². The molecule has 9 nitrogen and oxygen atoms in total. The van der Waals surface area contributed by atoms with Crippen LogP contribution in [0.25, 0.3) is 0 Å². The molecule has 0 aromatic carbocycles. The highest BCUT2D eigenvalue weighted by molar-refractivity contribution is 7.77. The second-order valence-electron chi connectivity index (χ2n) is 12.2. The number of amides is 2. The Labute approximate surface area is 236 Å². The molecular formula is C28H54N6O3S. The van der Waals surface area contributed by atoms with E-state index < -0.39 is 0 Å². The van der Waals surface area contributed by atoms with Crippen LogP contribution in [0, 0.1) is 11.8 Å². The fraction of sp³-hybridized carbons (Fsp3) is 0.929. The highest BCUT2D eigenvalue weighted by Crippen LogP contribution is 2.28. The summed E-state index contributed by atoms with van der Waals surface area (Å²) in [5.74, 6) is 0.492. The molecule has 0 aliphatic carbocycles. The lowest BCUT2D eigenvalue weighted by molar-refractivity contribution is -0.127. The van der Waals surface area contributed by atoms with Crippen molar-refractivity contribution >= 4 is 24.6 Å². The molecule has 38 heavy (non-hydrogen) atoms. The number of piperazine rings is 1. The second kappa shape index (κ2) is 14.6. The maximum atomic E-state index is 12.9.